The quantitative estimate of drug-likeness (QED) is 0.811. The predicted molar refractivity (Wildman–Crippen MR) is 91.0 cm³/mol. The molecule has 0 fully saturated rings. The van der Waals surface area contributed by atoms with Crippen molar-refractivity contribution in [3.8, 4) is 5.75 Å². The summed E-state index contributed by atoms with van der Waals surface area (Å²) in [7, 11) is -1.29. The van der Waals surface area contributed by atoms with Gasteiger partial charge in [-0.2, -0.15) is 0 Å². The van der Waals surface area contributed by atoms with Gasteiger partial charge in [0.05, 0.1) is 25.5 Å². The topological polar surface area (TPSA) is 81.7 Å². The Labute approximate surface area is 141 Å². The zero-order valence-electron chi connectivity index (χ0n) is 13.7. The number of hydrogen-bond acceptors (Lipinski definition) is 5. The van der Waals surface area contributed by atoms with E-state index in [0.717, 1.165) is 5.56 Å². The molecule has 1 N–H and O–H groups in total. The molecule has 0 aliphatic heterocycles. The van der Waals surface area contributed by atoms with Gasteiger partial charge in [-0.3, -0.25) is 4.72 Å². The molecule has 0 aliphatic rings. The lowest BCUT2D eigenvalue weighted by molar-refractivity contribution is 0.0602. The molecule has 2 aromatic rings. The molecule has 0 atom stereocenters. The molecule has 128 valence electrons. The molecule has 7 heteroatoms. The first-order chi connectivity index (χ1) is 11.4. The molecule has 0 saturated heterocycles. The van der Waals surface area contributed by atoms with E-state index in [1.54, 1.807) is 30.3 Å². The molecule has 2 aromatic carbocycles. The third-order valence-corrected chi connectivity index (χ3v) is 4.89. The lowest BCUT2D eigenvalue weighted by Crippen LogP contribution is -2.17. The van der Waals surface area contributed by atoms with Crippen LogP contribution in [0.5, 0.6) is 5.75 Å². The van der Waals surface area contributed by atoms with Crippen LogP contribution in [0.2, 0.25) is 0 Å². The fourth-order valence-electron chi connectivity index (χ4n) is 2.21. The van der Waals surface area contributed by atoms with Gasteiger partial charge in [0.2, 0.25) is 0 Å². The van der Waals surface area contributed by atoms with Crippen LogP contribution in [-0.4, -0.2) is 28.6 Å². The Hall–Kier alpha value is -2.54. The highest BCUT2D eigenvalue weighted by Crippen LogP contribution is 2.28. The van der Waals surface area contributed by atoms with E-state index in [1.807, 2.05) is 6.92 Å². The number of nitrogens with one attached hydrogen (secondary N) is 1. The van der Waals surface area contributed by atoms with E-state index in [-0.39, 0.29) is 21.9 Å². The first-order valence-electron chi connectivity index (χ1n) is 7.30. The summed E-state index contributed by atoms with van der Waals surface area (Å²) >= 11 is 0. The van der Waals surface area contributed by atoms with Crippen molar-refractivity contribution in [3.05, 3.63) is 53.6 Å². The Morgan fingerprint density at radius 1 is 1.12 bits per heavy atom. The number of carbonyl (C=O) groups excluding carboxylic acids is 1. The summed E-state index contributed by atoms with van der Waals surface area (Å²) in [5.41, 5.74) is 1.14. The second kappa shape index (κ2) is 7.35. The third-order valence-electron chi connectivity index (χ3n) is 3.50. The summed E-state index contributed by atoms with van der Waals surface area (Å²) in [6.45, 7) is 1.93. The molecule has 2 rings (SSSR count). The fourth-order valence-corrected chi connectivity index (χ4v) is 3.51. The normalized spacial score (nSPS) is 11.0. The monoisotopic (exact) mass is 349 g/mol. The number of ether oxygens (including phenoxy) is 2. The lowest BCUT2D eigenvalue weighted by Gasteiger charge is -2.14. The van der Waals surface area contributed by atoms with Crippen molar-refractivity contribution in [1.29, 1.82) is 0 Å². The number of anilines is 1. The van der Waals surface area contributed by atoms with E-state index >= 15 is 0 Å². The van der Waals surface area contributed by atoms with Crippen LogP contribution in [0, 0.1) is 0 Å². The van der Waals surface area contributed by atoms with Crippen LogP contribution in [0.15, 0.2) is 47.4 Å². The van der Waals surface area contributed by atoms with E-state index in [2.05, 4.69) is 9.46 Å². The molecule has 0 aromatic heterocycles. The smallest absolute Gasteiger partial charge is 0.339 e. The molecule has 0 saturated carbocycles. The molecule has 6 nitrogen and oxygen atoms in total. The van der Waals surface area contributed by atoms with E-state index in [9.17, 15) is 13.2 Å². The molecular weight excluding hydrogens is 330 g/mol. The highest BCUT2D eigenvalue weighted by atomic mass is 32.2. The number of aryl methyl sites for hydroxylation is 1. The lowest BCUT2D eigenvalue weighted by atomic mass is 10.2. The van der Waals surface area contributed by atoms with E-state index in [1.165, 1.54) is 26.4 Å². The van der Waals surface area contributed by atoms with Crippen LogP contribution in [0.4, 0.5) is 5.69 Å². The molecule has 0 spiro atoms. The first-order valence-corrected chi connectivity index (χ1v) is 8.78. The largest absolute Gasteiger partial charge is 0.495 e. The van der Waals surface area contributed by atoms with Gasteiger partial charge in [0, 0.05) is 0 Å². The van der Waals surface area contributed by atoms with Gasteiger partial charge in [-0.25, -0.2) is 13.2 Å². The average molecular weight is 349 g/mol. The number of rotatable bonds is 6. The Kier molecular flexibility index (Phi) is 5.46. The second-order valence-electron chi connectivity index (χ2n) is 4.98. The van der Waals surface area contributed by atoms with Crippen LogP contribution in [0.25, 0.3) is 0 Å². The van der Waals surface area contributed by atoms with Gasteiger partial charge in [0.1, 0.15) is 10.6 Å². The molecule has 0 heterocycles. The SMILES string of the molecule is CCc1ccc(OC)c(S(=O)(=O)Nc2ccccc2C(=O)OC)c1. The molecule has 0 amide bonds. The molecule has 0 unspecified atom stereocenters. The number of para-hydroxylation sites is 1. The van der Waals surface area contributed by atoms with Crippen molar-refractivity contribution in [2.24, 2.45) is 0 Å². The van der Waals surface area contributed by atoms with Crippen molar-refractivity contribution in [1.82, 2.24) is 0 Å². The molecule has 0 bridgehead atoms. The highest BCUT2D eigenvalue weighted by Gasteiger charge is 2.22. The number of methoxy groups -OCH3 is 2. The molecule has 24 heavy (non-hydrogen) atoms. The Bertz CT molecular complexity index is 846. The van der Waals surface area contributed by atoms with Crippen LogP contribution in [-0.2, 0) is 21.2 Å². The molecule has 0 radical (unpaired) electrons. The number of hydrogen-bond donors (Lipinski definition) is 1. The minimum absolute atomic E-state index is 0.0176. The van der Waals surface area contributed by atoms with Crippen molar-refractivity contribution in [2.45, 2.75) is 18.2 Å². The van der Waals surface area contributed by atoms with Gasteiger partial charge in [-0.1, -0.05) is 25.1 Å². The maximum atomic E-state index is 12.8. The van der Waals surface area contributed by atoms with Crippen LogP contribution in [0.1, 0.15) is 22.8 Å². The maximum absolute atomic E-state index is 12.8. The van der Waals surface area contributed by atoms with Gasteiger partial charge < -0.3 is 9.47 Å². The number of sulfonamides is 1. The third kappa shape index (κ3) is 3.68. The highest BCUT2D eigenvalue weighted by molar-refractivity contribution is 7.92. The minimum Gasteiger partial charge on any atom is -0.495 e. The number of benzene rings is 2. The molecule has 0 aliphatic carbocycles. The van der Waals surface area contributed by atoms with E-state index in [0.29, 0.717) is 6.42 Å². The molecular formula is C17H19NO5S. The summed E-state index contributed by atoms with van der Waals surface area (Å²) in [5, 5.41) is 0. The maximum Gasteiger partial charge on any atom is 0.339 e. The summed E-state index contributed by atoms with van der Waals surface area (Å²) in [6.07, 6.45) is 0.686. The summed E-state index contributed by atoms with van der Waals surface area (Å²) in [5.74, 6) is -0.391. The van der Waals surface area contributed by atoms with Crippen molar-refractivity contribution >= 4 is 21.7 Å². The average Bonchev–Trinajstić information content (AvgIpc) is 2.60. The summed E-state index contributed by atoms with van der Waals surface area (Å²) < 4.78 is 37.8. The predicted octanol–water partition coefficient (Wildman–Crippen LogP) is 2.85. The van der Waals surface area contributed by atoms with Crippen molar-refractivity contribution in [2.75, 3.05) is 18.9 Å². The second-order valence-corrected chi connectivity index (χ2v) is 6.63. The zero-order chi connectivity index (χ0) is 17.7. The van der Waals surface area contributed by atoms with Gasteiger partial charge in [0.15, 0.2) is 0 Å². The summed E-state index contributed by atoms with van der Waals surface area (Å²) in [4.78, 5) is 11.8. The van der Waals surface area contributed by atoms with E-state index in [4.69, 9.17) is 4.74 Å². The summed E-state index contributed by atoms with van der Waals surface area (Å²) in [6, 6.07) is 11.2. The van der Waals surface area contributed by atoms with Crippen LogP contribution in [0.3, 0.4) is 0 Å². The van der Waals surface area contributed by atoms with Gasteiger partial charge in [-0.15, -0.1) is 0 Å². The number of esters is 1. The number of carbonyl (C=O) groups is 1. The van der Waals surface area contributed by atoms with Gasteiger partial charge in [0.25, 0.3) is 10.0 Å². The van der Waals surface area contributed by atoms with Gasteiger partial charge in [-0.05, 0) is 36.2 Å². The zero-order valence-corrected chi connectivity index (χ0v) is 14.5. The Morgan fingerprint density at radius 3 is 2.46 bits per heavy atom. The Morgan fingerprint density at radius 2 is 1.83 bits per heavy atom. The first kappa shape index (κ1) is 17.8. The van der Waals surface area contributed by atoms with Crippen molar-refractivity contribution < 1.29 is 22.7 Å². The van der Waals surface area contributed by atoms with Crippen LogP contribution >= 0.6 is 0 Å². The van der Waals surface area contributed by atoms with E-state index < -0.39 is 16.0 Å². The minimum atomic E-state index is -3.94. The van der Waals surface area contributed by atoms with Gasteiger partial charge >= 0.3 is 5.97 Å². The van der Waals surface area contributed by atoms with Crippen molar-refractivity contribution in [3.63, 3.8) is 0 Å². The Balaban J connectivity index is 2.49. The van der Waals surface area contributed by atoms with Crippen LogP contribution < -0.4 is 9.46 Å². The standard InChI is InChI=1S/C17H19NO5S/c1-4-12-9-10-15(22-2)16(11-12)24(20,21)18-14-8-6-5-7-13(14)17(19)23-3/h5-11,18H,4H2,1-3H3. The fraction of sp³-hybridized carbons (Fsp3) is 0.235.